The van der Waals surface area contributed by atoms with E-state index in [1.807, 2.05) is 19.9 Å². The first kappa shape index (κ1) is 8.78. The standard InChI is InChI=1S/C10H13NO/c1-3-8(2)11-9-6-4-5-7-10(9)12/h4-7,12H,3H2,1-2H3. The van der Waals surface area contributed by atoms with Gasteiger partial charge in [0.25, 0.3) is 0 Å². The fourth-order valence-electron chi connectivity index (χ4n) is 0.843. The van der Waals surface area contributed by atoms with Crippen molar-refractivity contribution in [2.24, 2.45) is 4.99 Å². The van der Waals surface area contributed by atoms with Gasteiger partial charge in [0.15, 0.2) is 0 Å². The highest BCUT2D eigenvalue weighted by Gasteiger charge is 1.95. The van der Waals surface area contributed by atoms with Crippen molar-refractivity contribution in [3.05, 3.63) is 24.3 Å². The van der Waals surface area contributed by atoms with Crippen molar-refractivity contribution in [1.82, 2.24) is 0 Å². The van der Waals surface area contributed by atoms with E-state index in [0.29, 0.717) is 5.69 Å². The predicted molar refractivity (Wildman–Crippen MR) is 51.2 cm³/mol. The fraction of sp³-hybridized carbons (Fsp3) is 0.300. The number of aliphatic imine (C=N–C) groups is 1. The number of phenols is 1. The van der Waals surface area contributed by atoms with Gasteiger partial charge in [0.1, 0.15) is 11.4 Å². The molecule has 0 radical (unpaired) electrons. The number of benzene rings is 1. The predicted octanol–water partition coefficient (Wildman–Crippen LogP) is 2.89. The van der Waals surface area contributed by atoms with E-state index >= 15 is 0 Å². The number of hydrogen-bond acceptors (Lipinski definition) is 2. The van der Waals surface area contributed by atoms with Crippen molar-refractivity contribution < 1.29 is 5.11 Å². The summed E-state index contributed by atoms with van der Waals surface area (Å²) < 4.78 is 0. The summed E-state index contributed by atoms with van der Waals surface area (Å²) >= 11 is 0. The first-order valence-electron chi connectivity index (χ1n) is 4.06. The second-order valence-corrected chi connectivity index (χ2v) is 2.69. The van der Waals surface area contributed by atoms with Gasteiger partial charge in [-0.05, 0) is 25.5 Å². The van der Waals surface area contributed by atoms with Crippen molar-refractivity contribution in [2.45, 2.75) is 20.3 Å². The molecular weight excluding hydrogens is 150 g/mol. The third-order valence-electron chi connectivity index (χ3n) is 1.70. The van der Waals surface area contributed by atoms with Gasteiger partial charge in [-0.3, -0.25) is 4.99 Å². The molecule has 0 aliphatic carbocycles. The minimum atomic E-state index is 0.241. The largest absolute Gasteiger partial charge is 0.506 e. The van der Waals surface area contributed by atoms with Crippen molar-refractivity contribution in [3.8, 4) is 5.75 Å². The minimum absolute atomic E-state index is 0.241. The van der Waals surface area contributed by atoms with Crippen LogP contribution in [0.5, 0.6) is 5.75 Å². The molecule has 64 valence electrons. The van der Waals surface area contributed by atoms with E-state index in [1.54, 1.807) is 18.2 Å². The molecule has 0 spiro atoms. The van der Waals surface area contributed by atoms with Crippen LogP contribution in [0.3, 0.4) is 0 Å². The van der Waals surface area contributed by atoms with Crippen LogP contribution in [0.25, 0.3) is 0 Å². The van der Waals surface area contributed by atoms with Gasteiger partial charge in [-0.25, -0.2) is 0 Å². The first-order valence-corrected chi connectivity index (χ1v) is 4.06. The average molecular weight is 163 g/mol. The molecule has 0 heterocycles. The lowest BCUT2D eigenvalue weighted by Crippen LogP contribution is -1.84. The summed E-state index contributed by atoms with van der Waals surface area (Å²) in [4.78, 5) is 4.24. The Bertz CT molecular complexity index is 292. The molecule has 1 N–H and O–H groups in total. The lowest BCUT2D eigenvalue weighted by molar-refractivity contribution is 0.477. The third-order valence-corrected chi connectivity index (χ3v) is 1.70. The van der Waals surface area contributed by atoms with Crippen LogP contribution in [0.15, 0.2) is 29.3 Å². The van der Waals surface area contributed by atoms with Gasteiger partial charge in [-0.1, -0.05) is 19.1 Å². The summed E-state index contributed by atoms with van der Waals surface area (Å²) in [7, 11) is 0. The van der Waals surface area contributed by atoms with E-state index in [1.165, 1.54) is 0 Å². The molecule has 1 aromatic rings. The van der Waals surface area contributed by atoms with Crippen molar-refractivity contribution in [1.29, 1.82) is 0 Å². The van der Waals surface area contributed by atoms with Crippen LogP contribution >= 0.6 is 0 Å². The molecule has 0 aliphatic heterocycles. The lowest BCUT2D eigenvalue weighted by atomic mass is 10.3. The average Bonchev–Trinajstić information content (AvgIpc) is 2.09. The number of phenolic OH excluding ortho intramolecular Hbond substituents is 1. The van der Waals surface area contributed by atoms with Crippen LogP contribution < -0.4 is 0 Å². The van der Waals surface area contributed by atoms with Crippen molar-refractivity contribution >= 4 is 11.4 Å². The summed E-state index contributed by atoms with van der Waals surface area (Å²) in [5, 5.41) is 9.35. The maximum atomic E-state index is 9.35. The molecule has 0 saturated carbocycles. The van der Waals surface area contributed by atoms with E-state index in [0.717, 1.165) is 12.1 Å². The number of para-hydroxylation sites is 2. The number of nitrogens with zero attached hydrogens (tertiary/aromatic N) is 1. The Balaban J connectivity index is 2.96. The summed E-state index contributed by atoms with van der Waals surface area (Å²) in [5.41, 5.74) is 1.67. The molecular formula is C10H13NO. The van der Waals surface area contributed by atoms with Gasteiger partial charge in [0.2, 0.25) is 0 Å². The first-order chi connectivity index (χ1) is 5.74. The van der Waals surface area contributed by atoms with Gasteiger partial charge >= 0.3 is 0 Å². The topological polar surface area (TPSA) is 32.6 Å². The van der Waals surface area contributed by atoms with E-state index < -0.39 is 0 Å². The smallest absolute Gasteiger partial charge is 0.141 e. The molecule has 2 nitrogen and oxygen atoms in total. The number of hydrogen-bond donors (Lipinski definition) is 1. The SMILES string of the molecule is CCC(C)=Nc1ccccc1O. The van der Waals surface area contributed by atoms with Crippen LogP contribution in [-0.4, -0.2) is 10.8 Å². The lowest BCUT2D eigenvalue weighted by Gasteiger charge is -1.98. The Labute approximate surface area is 72.6 Å². The van der Waals surface area contributed by atoms with Gasteiger partial charge in [-0.15, -0.1) is 0 Å². The van der Waals surface area contributed by atoms with Crippen molar-refractivity contribution in [3.63, 3.8) is 0 Å². The summed E-state index contributed by atoms with van der Waals surface area (Å²) in [5.74, 6) is 0.241. The fourth-order valence-corrected chi connectivity index (χ4v) is 0.843. The zero-order chi connectivity index (χ0) is 8.97. The van der Waals surface area contributed by atoms with Crippen molar-refractivity contribution in [2.75, 3.05) is 0 Å². The molecule has 0 aliphatic rings. The molecule has 0 amide bonds. The molecule has 0 saturated heterocycles. The van der Waals surface area contributed by atoms with E-state index in [2.05, 4.69) is 4.99 Å². The molecule has 0 aromatic heterocycles. The Kier molecular flexibility index (Phi) is 2.86. The molecule has 1 aromatic carbocycles. The molecule has 2 heteroatoms. The van der Waals surface area contributed by atoms with Crippen LogP contribution in [-0.2, 0) is 0 Å². The van der Waals surface area contributed by atoms with E-state index in [-0.39, 0.29) is 5.75 Å². The molecule has 1 rings (SSSR count). The normalized spacial score (nSPS) is 11.7. The van der Waals surface area contributed by atoms with Gasteiger partial charge in [0, 0.05) is 5.71 Å². The zero-order valence-corrected chi connectivity index (χ0v) is 7.41. The quantitative estimate of drug-likeness (QED) is 0.668. The molecule has 0 fully saturated rings. The summed E-state index contributed by atoms with van der Waals surface area (Å²) in [6.45, 7) is 3.99. The summed E-state index contributed by atoms with van der Waals surface area (Å²) in [6, 6.07) is 7.09. The molecule has 0 unspecified atom stereocenters. The highest BCUT2D eigenvalue weighted by atomic mass is 16.3. The third kappa shape index (κ3) is 2.09. The molecule has 0 bridgehead atoms. The second kappa shape index (κ2) is 3.90. The van der Waals surface area contributed by atoms with Crippen LogP contribution in [0.1, 0.15) is 20.3 Å². The Morgan fingerprint density at radius 2 is 2.08 bits per heavy atom. The molecule has 0 atom stereocenters. The Hall–Kier alpha value is -1.31. The highest BCUT2D eigenvalue weighted by molar-refractivity contribution is 5.84. The monoisotopic (exact) mass is 163 g/mol. The molecule has 12 heavy (non-hydrogen) atoms. The summed E-state index contributed by atoms with van der Waals surface area (Å²) in [6.07, 6.45) is 0.911. The van der Waals surface area contributed by atoms with Crippen LogP contribution in [0.4, 0.5) is 5.69 Å². The number of aromatic hydroxyl groups is 1. The van der Waals surface area contributed by atoms with Gasteiger partial charge in [0.05, 0.1) is 0 Å². The van der Waals surface area contributed by atoms with E-state index in [9.17, 15) is 5.11 Å². The highest BCUT2D eigenvalue weighted by Crippen LogP contribution is 2.25. The van der Waals surface area contributed by atoms with Gasteiger partial charge in [-0.2, -0.15) is 0 Å². The maximum Gasteiger partial charge on any atom is 0.141 e. The zero-order valence-electron chi connectivity index (χ0n) is 7.41. The minimum Gasteiger partial charge on any atom is -0.506 e. The maximum absolute atomic E-state index is 9.35. The van der Waals surface area contributed by atoms with Gasteiger partial charge < -0.3 is 5.11 Å². The van der Waals surface area contributed by atoms with Crippen LogP contribution in [0.2, 0.25) is 0 Å². The van der Waals surface area contributed by atoms with Crippen LogP contribution in [0, 0.1) is 0 Å². The Morgan fingerprint density at radius 3 is 2.67 bits per heavy atom. The number of rotatable bonds is 2. The second-order valence-electron chi connectivity index (χ2n) is 2.69. The van der Waals surface area contributed by atoms with E-state index in [4.69, 9.17) is 0 Å². The Morgan fingerprint density at radius 1 is 1.42 bits per heavy atom.